The van der Waals surface area contributed by atoms with Crippen LogP contribution in [0.5, 0.6) is 0 Å². The number of amides is 8. The summed E-state index contributed by atoms with van der Waals surface area (Å²) in [5, 5.41) is 10.8. The summed E-state index contributed by atoms with van der Waals surface area (Å²) < 4.78 is 0. The Morgan fingerprint density at radius 2 is 1.00 bits per heavy atom. The number of anilines is 5. The summed E-state index contributed by atoms with van der Waals surface area (Å²) in [4.78, 5) is 105. The largest absolute Gasteiger partial charge is 0.333 e. The number of imide groups is 2. The molecular formula is C43H49N9O7. The van der Waals surface area contributed by atoms with E-state index in [1.54, 1.807) is 93.3 Å². The van der Waals surface area contributed by atoms with Crippen molar-refractivity contribution in [3.05, 3.63) is 100 Å². The fourth-order valence-corrected chi connectivity index (χ4v) is 6.40. The second-order valence-electron chi connectivity index (χ2n) is 13.9. The molecule has 1 saturated heterocycles. The molecule has 1 aromatic carbocycles. The van der Waals surface area contributed by atoms with Crippen LogP contribution in [0.1, 0.15) is 101 Å². The van der Waals surface area contributed by atoms with Gasteiger partial charge in [0, 0.05) is 54.1 Å². The van der Waals surface area contributed by atoms with E-state index in [-0.39, 0.29) is 77.7 Å². The molecule has 0 atom stereocenters. The molecule has 4 N–H and O–H groups in total. The van der Waals surface area contributed by atoms with Crippen LogP contribution in [-0.2, 0) is 19.2 Å². The molecule has 0 saturated carbocycles. The number of nitrogens with zero attached hydrogens (tertiary/aromatic N) is 5. The molecule has 0 spiro atoms. The summed E-state index contributed by atoms with van der Waals surface area (Å²) in [5.41, 5.74) is 1.87. The molecule has 3 aromatic rings. The van der Waals surface area contributed by atoms with Gasteiger partial charge in [0.2, 0.25) is 11.8 Å². The van der Waals surface area contributed by atoms with E-state index >= 15 is 0 Å². The number of barbiturate groups is 1. The average molecular weight is 804 g/mol. The van der Waals surface area contributed by atoms with E-state index in [0.29, 0.717) is 35.5 Å². The first-order valence-corrected chi connectivity index (χ1v) is 19.7. The van der Waals surface area contributed by atoms with Gasteiger partial charge in [-0.3, -0.25) is 38.6 Å². The van der Waals surface area contributed by atoms with Gasteiger partial charge in [0.05, 0.1) is 0 Å². The highest BCUT2D eigenvalue weighted by atomic mass is 16.2. The molecule has 16 nitrogen and oxygen atoms in total. The SMILES string of the molecule is CCCCN1C(=O)C(=C2C=C(C)N(c3cc(C(=O)Nc4cccc(NC(=O)CC)n4)cc(C(=O)Nc4cccc(NC(=O)CC)n4)c3)C(C)=C2)C(=O)N(CCCC)C1=O. The van der Waals surface area contributed by atoms with Crippen molar-refractivity contribution in [3.63, 3.8) is 0 Å². The molecule has 4 heterocycles. The number of unbranched alkanes of at least 4 members (excludes halogenated alkanes) is 2. The lowest BCUT2D eigenvalue weighted by Crippen LogP contribution is -2.57. The highest BCUT2D eigenvalue weighted by Crippen LogP contribution is 2.34. The fraction of sp³-hybridized carbons (Fsp3) is 0.326. The second-order valence-corrected chi connectivity index (χ2v) is 13.9. The molecule has 59 heavy (non-hydrogen) atoms. The number of carbonyl (C=O) groups excluding carboxylic acids is 7. The Kier molecular flexibility index (Phi) is 14.2. The Morgan fingerprint density at radius 3 is 1.39 bits per heavy atom. The number of hydrogen-bond acceptors (Lipinski definition) is 10. The number of benzene rings is 1. The van der Waals surface area contributed by atoms with E-state index in [1.807, 2.05) is 13.8 Å². The minimum absolute atomic E-state index is 0.0772. The van der Waals surface area contributed by atoms with E-state index in [4.69, 9.17) is 0 Å². The molecule has 2 aliphatic rings. The third-order valence-corrected chi connectivity index (χ3v) is 9.43. The number of urea groups is 1. The first-order valence-electron chi connectivity index (χ1n) is 19.7. The minimum atomic E-state index is -0.658. The van der Waals surface area contributed by atoms with E-state index in [0.717, 1.165) is 22.6 Å². The van der Waals surface area contributed by atoms with E-state index in [2.05, 4.69) is 31.2 Å². The zero-order chi connectivity index (χ0) is 42.8. The Labute approximate surface area is 342 Å². The minimum Gasteiger partial charge on any atom is -0.318 e. The maximum absolute atomic E-state index is 13.9. The maximum Gasteiger partial charge on any atom is 0.333 e. The van der Waals surface area contributed by atoms with Crippen LogP contribution in [-0.4, -0.2) is 74.3 Å². The van der Waals surface area contributed by atoms with Gasteiger partial charge in [-0.05, 0) is 86.9 Å². The van der Waals surface area contributed by atoms with E-state index < -0.39 is 29.7 Å². The van der Waals surface area contributed by atoms with Crippen LogP contribution in [0, 0.1) is 0 Å². The van der Waals surface area contributed by atoms with Crippen LogP contribution in [0.25, 0.3) is 0 Å². The molecule has 0 radical (unpaired) electrons. The second kappa shape index (κ2) is 19.5. The Hall–Kier alpha value is -6.97. The number of aromatic nitrogens is 2. The smallest absolute Gasteiger partial charge is 0.318 e. The number of carbonyl (C=O) groups is 7. The third kappa shape index (κ3) is 10.3. The Bertz CT molecular complexity index is 2130. The van der Waals surface area contributed by atoms with Gasteiger partial charge in [0.1, 0.15) is 28.8 Å². The molecular weight excluding hydrogens is 755 g/mol. The van der Waals surface area contributed by atoms with E-state index in [9.17, 15) is 33.6 Å². The van der Waals surface area contributed by atoms with Crippen molar-refractivity contribution in [3.8, 4) is 0 Å². The molecule has 0 unspecified atom stereocenters. The van der Waals surface area contributed by atoms with Crippen molar-refractivity contribution >= 4 is 70.4 Å². The van der Waals surface area contributed by atoms with Gasteiger partial charge in [-0.15, -0.1) is 0 Å². The lowest BCUT2D eigenvalue weighted by Gasteiger charge is -2.36. The molecule has 0 bridgehead atoms. The summed E-state index contributed by atoms with van der Waals surface area (Å²) in [6.07, 6.45) is 6.46. The van der Waals surface area contributed by atoms with Crippen LogP contribution in [0.2, 0.25) is 0 Å². The lowest BCUT2D eigenvalue weighted by atomic mass is 9.97. The van der Waals surface area contributed by atoms with Gasteiger partial charge in [-0.25, -0.2) is 14.8 Å². The predicted molar refractivity (Wildman–Crippen MR) is 224 cm³/mol. The van der Waals surface area contributed by atoms with Crippen LogP contribution in [0.4, 0.5) is 33.8 Å². The predicted octanol–water partition coefficient (Wildman–Crippen LogP) is 6.99. The molecule has 1 fully saturated rings. The molecule has 8 amide bonds. The zero-order valence-electron chi connectivity index (χ0n) is 34.1. The highest BCUT2D eigenvalue weighted by molar-refractivity contribution is 6.29. The number of hydrogen-bond donors (Lipinski definition) is 4. The van der Waals surface area contributed by atoms with Gasteiger partial charge >= 0.3 is 6.03 Å². The van der Waals surface area contributed by atoms with Gasteiger partial charge in [0.15, 0.2) is 0 Å². The number of allylic oxidation sites excluding steroid dienone is 5. The first-order chi connectivity index (χ1) is 28.3. The quantitative estimate of drug-likeness (QED) is 0.0916. The highest BCUT2D eigenvalue weighted by Gasteiger charge is 2.43. The van der Waals surface area contributed by atoms with Crippen LogP contribution >= 0.6 is 0 Å². The maximum atomic E-state index is 13.9. The molecule has 16 heteroatoms. The monoisotopic (exact) mass is 803 g/mol. The summed E-state index contributed by atoms with van der Waals surface area (Å²) in [5.74, 6) is -2.25. The van der Waals surface area contributed by atoms with Crippen LogP contribution in [0.15, 0.2) is 89.3 Å². The number of pyridine rings is 2. The summed E-state index contributed by atoms with van der Waals surface area (Å²) in [6.45, 7) is 11.2. The fourth-order valence-electron chi connectivity index (χ4n) is 6.40. The van der Waals surface area contributed by atoms with Gasteiger partial charge < -0.3 is 26.2 Å². The third-order valence-electron chi connectivity index (χ3n) is 9.43. The van der Waals surface area contributed by atoms with Gasteiger partial charge in [-0.2, -0.15) is 0 Å². The number of nitrogens with one attached hydrogen (secondary N) is 4. The van der Waals surface area contributed by atoms with Crippen molar-refractivity contribution in [1.82, 2.24) is 19.8 Å². The summed E-state index contributed by atoms with van der Waals surface area (Å²) in [7, 11) is 0. The van der Waals surface area contributed by atoms with Crippen molar-refractivity contribution in [1.29, 1.82) is 0 Å². The van der Waals surface area contributed by atoms with E-state index in [1.165, 1.54) is 6.07 Å². The summed E-state index contributed by atoms with van der Waals surface area (Å²) >= 11 is 0. The first kappa shape index (κ1) is 43.2. The van der Waals surface area contributed by atoms with Crippen molar-refractivity contribution in [2.24, 2.45) is 0 Å². The molecule has 308 valence electrons. The molecule has 2 aliphatic heterocycles. The van der Waals surface area contributed by atoms with Crippen molar-refractivity contribution in [2.45, 2.75) is 80.1 Å². The van der Waals surface area contributed by atoms with Gasteiger partial charge in [-0.1, -0.05) is 52.7 Å². The molecule has 5 rings (SSSR count). The Balaban J connectivity index is 1.55. The van der Waals surface area contributed by atoms with Crippen molar-refractivity contribution < 1.29 is 33.6 Å². The topological polar surface area (TPSA) is 203 Å². The number of rotatable bonds is 15. The van der Waals surface area contributed by atoms with Crippen LogP contribution < -0.4 is 26.2 Å². The summed E-state index contributed by atoms with van der Waals surface area (Å²) in [6, 6.07) is 13.5. The zero-order valence-corrected chi connectivity index (χ0v) is 34.1. The van der Waals surface area contributed by atoms with Gasteiger partial charge in [0.25, 0.3) is 23.6 Å². The lowest BCUT2D eigenvalue weighted by molar-refractivity contribution is -0.136. The average Bonchev–Trinajstić information content (AvgIpc) is 3.20. The van der Waals surface area contributed by atoms with Crippen LogP contribution in [0.3, 0.4) is 0 Å². The molecule has 0 aliphatic carbocycles. The van der Waals surface area contributed by atoms with Crippen molar-refractivity contribution in [2.75, 3.05) is 39.3 Å². The standard InChI is InChI=1S/C43H49N9O7/c1-7-11-19-50-41(57)38(42(58)51(43(50)59)20-12-8-2)28-21-26(5)52(27(6)22-28)31-24-29(39(55)48-34-17-13-15-32(44-34)46-36(53)9-3)23-30(25-31)40(56)49-35-18-14-16-33(45-35)47-37(54)10-4/h13-18,21-25H,7-12,19-20H2,1-6H3,(H2,44,46,48,53,55)(H2,45,47,49,54,56). The normalized spacial score (nSPS) is 14.2. The molecule has 2 aromatic heterocycles. The Morgan fingerprint density at radius 1 is 0.593 bits per heavy atom.